The highest BCUT2D eigenvalue weighted by Gasteiger charge is 2.30. The van der Waals surface area contributed by atoms with E-state index in [1.165, 1.54) is 24.3 Å². The summed E-state index contributed by atoms with van der Waals surface area (Å²) in [6, 6.07) is 13.5. The average Bonchev–Trinajstić information content (AvgIpc) is 3.11. The largest absolute Gasteiger partial charge is 0.354 e. The molecule has 1 aliphatic rings. The first kappa shape index (κ1) is 21.0. The topological polar surface area (TPSA) is 76.0 Å². The molecule has 0 saturated heterocycles. The third-order valence-corrected chi connectivity index (χ3v) is 5.79. The van der Waals surface area contributed by atoms with Crippen molar-refractivity contribution in [2.75, 3.05) is 5.32 Å². The van der Waals surface area contributed by atoms with Gasteiger partial charge in [0, 0.05) is 23.6 Å². The quantitative estimate of drug-likeness (QED) is 0.627. The Bertz CT molecular complexity index is 1080. The van der Waals surface area contributed by atoms with Gasteiger partial charge in [0.1, 0.15) is 5.82 Å². The Balaban J connectivity index is 1.57. The number of nitrogens with zero attached hydrogens (tertiary/aromatic N) is 2. The van der Waals surface area contributed by atoms with Crippen molar-refractivity contribution < 1.29 is 14.0 Å². The number of hydrogen-bond donors (Lipinski definition) is 2. The number of nitrogens with one attached hydrogen (secondary N) is 2. The Hall–Kier alpha value is -3.22. The highest BCUT2D eigenvalue weighted by atomic mass is 19.1. The number of amides is 2. The zero-order valence-corrected chi connectivity index (χ0v) is 17.8. The van der Waals surface area contributed by atoms with Crippen molar-refractivity contribution in [3.05, 3.63) is 59.9 Å². The lowest BCUT2D eigenvalue weighted by Crippen LogP contribution is -2.37. The monoisotopic (exact) mass is 422 g/mol. The average molecular weight is 423 g/mol. The van der Waals surface area contributed by atoms with Gasteiger partial charge in [-0.05, 0) is 75.9 Å². The van der Waals surface area contributed by atoms with E-state index in [1.54, 1.807) is 0 Å². The second kappa shape index (κ2) is 8.88. The van der Waals surface area contributed by atoms with E-state index in [0.29, 0.717) is 11.5 Å². The summed E-state index contributed by atoms with van der Waals surface area (Å²) in [6.45, 7) is 3.94. The minimum Gasteiger partial charge on any atom is -0.354 e. The zero-order valence-electron chi connectivity index (χ0n) is 17.8. The highest BCUT2D eigenvalue weighted by molar-refractivity contribution is 6.04. The zero-order chi connectivity index (χ0) is 22.0. The summed E-state index contributed by atoms with van der Waals surface area (Å²) in [7, 11) is 0. The van der Waals surface area contributed by atoms with Gasteiger partial charge in [-0.1, -0.05) is 12.1 Å². The molecule has 1 aromatic heterocycles. The first-order chi connectivity index (χ1) is 14.9. The molecule has 162 valence electrons. The molecule has 31 heavy (non-hydrogen) atoms. The van der Waals surface area contributed by atoms with E-state index in [4.69, 9.17) is 0 Å². The van der Waals surface area contributed by atoms with E-state index in [9.17, 15) is 14.0 Å². The van der Waals surface area contributed by atoms with Crippen molar-refractivity contribution in [3.63, 3.8) is 0 Å². The molecule has 0 radical (unpaired) electrons. The fourth-order valence-electron chi connectivity index (χ4n) is 4.28. The SMILES string of the molecule is CC(C)NC(=O)C1CCC(n2c(NC(=O)c3ccc(F)cc3)nc3ccccc32)CC1. The number of carbonyl (C=O) groups is 2. The lowest BCUT2D eigenvalue weighted by atomic mass is 9.85. The number of aromatic nitrogens is 2. The fourth-order valence-corrected chi connectivity index (χ4v) is 4.28. The summed E-state index contributed by atoms with van der Waals surface area (Å²) in [4.78, 5) is 29.8. The van der Waals surface area contributed by atoms with E-state index >= 15 is 0 Å². The Morgan fingerprint density at radius 2 is 1.71 bits per heavy atom. The molecule has 2 amide bonds. The molecular weight excluding hydrogens is 395 g/mol. The van der Waals surface area contributed by atoms with E-state index in [1.807, 2.05) is 38.1 Å². The molecule has 1 saturated carbocycles. The van der Waals surface area contributed by atoms with Crippen LogP contribution in [0.5, 0.6) is 0 Å². The summed E-state index contributed by atoms with van der Waals surface area (Å²) >= 11 is 0. The Kier molecular flexibility index (Phi) is 6.02. The van der Waals surface area contributed by atoms with Gasteiger partial charge in [-0.3, -0.25) is 14.9 Å². The standard InChI is InChI=1S/C24H27FN4O2/c1-15(2)26-22(30)17-9-13-19(14-10-17)29-21-6-4-3-5-20(21)27-24(29)28-23(31)16-7-11-18(25)12-8-16/h3-8,11-12,15,17,19H,9-10,13-14H2,1-2H3,(H,26,30)(H,27,28,31). The number of rotatable bonds is 5. The minimum absolute atomic E-state index is 0.0192. The van der Waals surface area contributed by atoms with Gasteiger partial charge in [0.05, 0.1) is 11.0 Å². The summed E-state index contributed by atoms with van der Waals surface area (Å²) in [5, 5.41) is 5.91. The molecule has 0 unspecified atom stereocenters. The predicted octanol–water partition coefficient (Wildman–Crippen LogP) is 4.68. The number of carbonyl (C=O) groups excluding carboxylic acids is 2. The summed E-state index contributed by atoms with van der Waals surface area (Å²) in [5.74, 6) is -0.103. The third kappa shape index (κ3) is 4.60. The lowest BCUT2D eigenvalue weighted by molar-refractivity contribution is -0.126. The van der Waals surface area contributed by atoms with Crippen molar-refractivity contribution in [1.29, 1.82) is 0 Å². The smallest absolute Gasteiger partial charge is 0.257 e. The van der Waals surface area contributed by atoms with Crippen LogP contribution in [0.15, 0.2) is 48.5 Å². The Morgan fingerprint density at radius 3 is 2.39 bits per heavy atom. The lowest BCUT2D eigenvalue weighted by Gasteiger charge is -2.30. The predicted molar refractivity (Wildman–Crippen MR) is 118 cm³/mol. The number of imidazole rings is 1. The highest BCUT2D eigenvalue weighted by Crippen LogP contribution is 2.37. The van der Waals surface area contributed by atoms with Crippen LogP contribution in [-0.2, 0) is 4.79 Å². The van der Waals surface area contributed by atoms with Crippen LogP contribution < -0.4 is 10.6 Å². The van der Waals surface area contributed by atoms with Crippen LogP contribution in [0.1, 0.15) is 55.9 Å². The molecular formula is C24H27FN4O2. The van der Waals surface area contributed by atoms with Crippen LogP contribution >= 0.6 is 0 Å². The molecule has 4 rings (SSSR count). The van der Waals surface area contributed by atoms with Gasteiger partial charge < -0.3 is 9.88 Å². The van der Waals surface area contributed by atoms with Gasteiger partial charge in [0.15, 0.2) is 0 Å². The molecule has 1 heterocycles. The fraction of sp³-hybridized carbons (Fsp3) is 0.375. The second-order valence-electron chi connectivity index (χ2n) is 8.42. The van der Waals surface area contributed by atoms with Gasteiger partial charge >= 0.3 is 0 Å². The molecule has 3 aromatic rings. The van der Waals surface area contributed by atoms with E-state index in [2.05, 4.69) is 20.2 Å². The molecule has 0 aliphatic heterocycles. The van der Waals surface area contributed by atoms with Crippen molar-refractivity contribution in [3.8, 4) is 0 Å². The van der Waals surface area contributed by atoms with Crippen LogP contribution in [0, 0.1) is 11.7 Å². The minimum atomic E-state index is -0.387. The van der Waals surface area contributed by atoms with Crippen molar-refractivity contribution in [2.24, 2.45) is 5.92 Å². The van der Waals surface area contributed by atoms with Crippen LogP contribution in [0.3, 0.4) is 0 Å². The van der Waals surface area contributed by atoms with Gasteiger partial charge in [-0.25, -0.2) is 9.37 Å². The summed E-state index contributed by atoms with van der Waals surface area (Å²) < 4.78 is 15.3. The molecule has 2 N–H and O–H groups in total. The van der Waals surface area contributed by atoms with Crippen molar-refractivity contribution in [2.45, 2.75) is 51.6 Å². The van der Waals surface area contributed by atoms with E-state index < -0.39 is 0 Å². The normalized spacial score (nSPS) is 18.8. The van der Waals surface area contributed by atoms with E-state index in [0.717, 1.165) is 36.7 Å². The van der Waals surface area contributed by atoms with Crippen LogP contribution in [0.2, 0.25) is 0 Å². The van der Waals surface area contributed by atoms with Crippen LogP contribution in [0.25, 0.3) is 11.0 Å². The summed E-state index contributed by atoms with van der Waals surface area (Å²) in [6.07, 6.45) is 3.24. The van der Waals surface area contributed by atoms with Crippen molar-refractivity contribution >= 4 is 28.8 Å². The summed E-state index contributed by atoms with van der Waals surface area (Å²) in [5.41, 5.74) is 2.12. The Morgan fingerprint density at radius 1 is 1.03 bits per heavy atom. The van der Waals surface area contributed by atoms with Crippen LogP contribution in [-0.4, -0.2) is 27.4 Å². The maximum atomic E-state index is 13.2. The number of anilines is 1. The van der Waals surface area contributed by atoms with Gasteiger partial charge in [0.2, 0.25) is 11.9 Å². The second-order valence-corrected chi connectivity index (χ2v) is 8.42. The molecule has 2 aromatic carbocycles. The maximum absolute atomic E-state index is 13.2. The molecule has 0 bridgehead atoms. The number of halogens is 1. The first-order valence-electron chi connectivity index (χ1n) is 10.8. The molecule has 1 aliphatic carbocycles. The number of benzene rings is 2. The Labute approximate surface area is 180 Å². The molecule has 6 nitrogen and oxygen atoms in total. The first-order valence-corrected chi connectivity index (χ1v) is 10.8. The maximum Gasteiger partial charge on any atom is 0.257 e. The number of fused-ring (bicyclic) bond motifs is 1. The van der Waals surface area contributed by atoms with Gasteiger partial charge in [0.25, 0.3) is 5.91 Å². The molecule has 7 heteroatoms. The molecule has 0 atom stereocenters. The molecule has 0 spiro atoms. The van der Waals surface area contributed by atoms with Gasteiger partial charge in [-0.2, -0.15) is 0 Å². The molecule has 1 fully saturated rings. The number of para-hydroxylation sites is 2. The van der Waals surface area contributed by atoms with E-state index in [-0.39, 0.29) is 35.6 Å². The van der Waals surface area contributed by atoms with Gasteiger partial charge in [-0.15, -0.1) is 0 Å². The van der Waals surface area contributed by atoms with Crippen LogP contribution in [0.4, 0.5) is 10.3 Å². The van der Waals surface area contributed by atoms with Crippen molar-refractivity contribution in [1.82, 2.24) is 14.9 Å². The third-order valence-electron chi connectivity index (χ3n) is 5.79. The number of hydrogen-bond acceptors (Lipinski definition) is 3.